The Morgan fingerprint density at radius 3 is 2.65 bits per heavy atom. The Morgan fingerprint density at radius 1 is 1.29 bits per heavy atom. The van der Waals surface area contributed by atoms with E-state index >= 15 is 0 Å². The van der Waals surface area contributed by atoms with Crippen molar-refractivity contribution in [3.8, 4) is 0 Å². The molecule has 0 saturated carbocycles. The summed E-state index contributed by atoms with van der Waals surface area (Å²) in [5.41, 5.74) is 4.62. The van der Waals surface area contributed by atoms with Crippen LogP contribution in [0.5, 0.6) is 0 Å². The number of nitrogens with two attached hydrogens (primary N) is 1. The van der Waals surface area contributed by atoms with E-state index in [2.05, 4.69) is 4.98 Å². The molecule has 0 radical (unpaired) electrons. The number of oxazole rings is 1. The van der Waals surface area contributed by atoms with E-state index in [-0.39, 0.29) is 15.8 Å². The number of rotatable bonds is 2. The summed E-state index contributed by atoms with van der Waals surface area (Å²) in [5.74, 6) is 0. The fourth-order valence-corrected chi connectivity index (χ4v) is 2.04. The Bertz CT molecular complexity index is 511. The second-order valence-corrected chi connectivity index (χ2v) is 4.15. The van der Waals surface area contributed by atoms with Gasteiger partial charge in [0.1, 0.15) is 6.26 Å². The van der Waals surface area contributed by atoms with Crippen LogP contribution >= 0.6 is 11.8 Å². The zero-order valence-electron chi connectivity index (χ0n) is 8.36. The number of aromatic nitrogens is 1. The fourth-order valence-electron chi connectivity index (χ4n) is 1.21. The molecule has 0 aliphatic carbocycles. The maximum Gasteiger partial charge on any atom is 0.417 e. The van der Waals surface area contributed by atoms with Gasteiger partial charge in [0, 0.05) is 10.6 Å². The van der Waals surface area contributed by atoms with Gasteiger partial charge in [-0.2, -0.15) is 13.2 Å². The number of hydrogen-bond donors (Lipinski definition) is 1. The summed E-state index contributed by atoms with van der Waals surface area (Å²) in [6.07, 6.45) is -1.79. The molecule has 0 amide bonds. The number of anilines is 1. The van der Waals surface area contributed by atoms with Gasteiger partial charge in [0.2, 0.25) is 0 Å². The van der Waals surface area contributed by atoms with Crippen molar-refractivity contribution in [2.24, 2.45) is 0 Å². The maximum atomic E-state index is 12.7. The molecule has 90 valence electrons. The summed E-state index contributed by atoms with van der Waals surface area (Å²) >= 11 is 0.803. The lowest BCUT2D eigenvalue weighted by molar-refractivity contribution is -0.139. The minimum atomic E-state index is -4.45. The molecule has 2 N–H and O–H groups in total. The van der Waals surface area contributed by atoms with E-state index in [9.17, 15) is 13.2 Å². The van der Waals surface area contributed by atoms with E-state index in [0.717, 1.165) is 17.8 Å². The first-order valence-electron chi connectivity index (χ1n) is 4.51. The molecule has 0 aliphatic heterocycles. The van der Waals surface area contributed by atoms with Crippen molar-refractivity contribution in [2.45, 2.75) is 16.3 Å². The monoisotopic (exact) mass is 260 g/mol. The third kappa shape index (κ3) is 2.73. The molecule has 7 heteroatoms. The van der Waals surface area contributed by atoms with E-state index < -0.39 is 11.7 Å². The maximum absolute atomic E-state index is 12.7. The Morgan fingerprint density at radius 2 is 2.06 bits per heavy atom. The molecule has 17 heavy (non-hydrogen) atoms. The second-order valence-electron chi connectivity index (χ2n) is 3.15. The Hall–Kier alpha value is -1.63. The molecule has 1 aromatic carbocycles. The van der Waals surface area contributed by atoms with Gasteiger partial charge in [0.25, 0.3) is 5.22 Å². The molecule has 2 aromatic rings. The Kier molecular flexibility index (Phi) is 3.01. The first kappa shape index (κ1) is 11.8. The van der Waals surface area contributed by atoms with Crippen LogP contribution in [-0.4, -0.2) is 4.98 Å². The number of halogens is 3. The van der Waals surface area contributed by atoms with E-state index in [1.54, 1.807) is 0 Å². The molecule has 0 atom stereocenters. The molecular weight excluding hydrogens is 253 g/mol. The van der Waals surface area contributed by atoms with E-state index in [1.165, 1.54) is 24.6 Å². The predicted molar refractivity (Wildman–Crippen MR) is 56.5 cm³/mol. The van der Waals surface area contributed by atoms with Gasteiger partial charge in [-0.15, -0.1) is 0 Å². The molecule has 0 bridgehead atoms. The molecule has 0 aliphatic rings. The van der Waals surface area contributed by atoms with Crippen molar-refractivity contribution in [1.29, 1.82) is 0 Å². The average molecular weight is 260 g/mol. The highest BCUT2D eigenvalue weighted by Gasteiger charge is 2.34. The van der Waals surface area contributed by atoms with Crippen LogP contribution in [0.4, 0.5) is 18.9 Å². The van der Waals surface area contributed by atoms with Gasteiger partial charge in [-0.25, -0.2) is 4.98 Å². The minimum Gasteiger partial charge on any atom is -0.440 e. The van der Waals surface area contributed by atoms with Gasteiger partial charge in [0.15, 0.2) is 0 Å². The SMILES string of the molecule is Nc1ccc(Sc2ncco2)c(C(F)(F)F)c1. The number of nitrogens with zero attached hydrogens (tertiary/aromatic N) is 1. The third-order valence-electron chi connectivity index (χ3n) is 1.92. The summed E-state index contributed by atoms with van der Waals surface area (Å²) in [4.78, 5) is 3.76. The average Bonchev–Trinajstić information content (AvgIpc) is 2.72. The highest BCUT2D eigenvalue weighted by molar-refractivity contribution is 7.99. The van der Waals surface area contributed by atoms with Gasteiger partial charge in [-0.05, 0) is 30.0 Å². The van der Waals surface area contributed by atoms with Crippen LogP contribution < -0.4 is 5.73 Å². The van der Waals surface area contributed by atoms with Crippen molar-refractivity contribution < 1.29 is 17.6 Å². The van der Waals surface area contributed by atoms with Crippen molar-refractivity contribution in [3.05, 3.63) is 36.2 Å². The molecule has 0 unspecified atom stereocenters. The normalized spacial score (nSPS) is 11.7. The molecule has 0 saturated heterocycles. The lowest BCUT2D eigenvalue weighted by Gasteiger charge is -2.11. The summed E-state index contributed by atoms with van der Waals surface area (Å²) in [5, 5.41) is 0.153. The van der Waals surface area contributed by atoms with E-state index in [4.69, 9.17) is 10.2 Å². The van der Waals surface area contributed by atoms with Crippen LogP contribution in [0.3, 0.4) is 0 Å². The molecule has 0 fully saturated rings. The standard InChI is InChI=1S/C10H7F3N2OS/c11-10(12,13)7-5-6(14)1-2-8(7)17-9-15-3-4-16-9/h1-5H,14H2. The van der Waals surface area contributed by atoms with Crippen molar-refractivity contribution >= 4 is 17.4 Å². The lowest BCUT2D eigenvalue weighted by atomic mass is 10.2. The number of nitrogen functional groups attached to an aromatic ring is 1. The molecule has 0 spiro atoms. The Labute approximate surface area is 98.8 Å². The summed E-state index contributed by atoms with van der Waals surface area (Å²) < 4.78 is 43.1. The van der Waals surface area contributed by atoms with Crippen LogP contribution in [0.25, 0.3) is 0 Å². The zero-order chi connectivity index (χ0) is 12.5. The summed E-state index contributed by atoms with van der Waals surface area (Å²) in [6.45, 7) is 0. The van der Waals surface area contributed by atoms with Gasteiger partial charge in [-0.3, -0.25) is 0 Å². The molecule has 3 nitrogen and oxygen atoms in total. The quantitative estimate of drug-likeness (QED) is 0.840. The summed E-state index contributed by atoms with van der Waals surface area (Å²) in [6, 6.07) is 3.60. The fraction of sp³-hybridized carbons (Fsp3) is 0.100. The minimum absolute atomic E-state index is 0.00847. The van der Waals surface area contributed by atoms with Crippen molar-refractivity contribution in [3.63, 3.8) is 0 Å². The molecule has 2 rings (SSSR count). The van der Waals surface area contributed by atoms with Crippen LogP contribution in [0.15, 0.2) is 45.2 Å². The van der Waals surface area contributed by atoms with Crippen molar-refractivity contribution in [2.75, 3.05) is 5.73 Å². The number of alkyl halides is 3. The molecule has 1 aromatic heterocycles. The zero-order valence-corrected chi connectivity index (χ0v) is 9.18. The predicted octanol–water partition coefficient (Wildman–Crippen LogP) is 3.43. The molecular formula is C10H7F3N2OS. The Balaban J connectivity index is 2.40. The third-order valence-corrected chi connectivity index (χ3v) is 2.87. The van der Waals surface area contributed by atoms with Crippen molar-refractivity contribution in [1.82, 2.24) is 4.98 Å². The summed E-state index contributed by atoms with van der Waals surface area (Å²) in [7, 11) is 0. The smallest absolute Gasteiger partial charge is 0.417 e. The van der Waals surface area contributed by atoms with Crippen LogP contribution in [-0.2, 0) is 6.18 Å². The number of benzene rings is 1. The van der Waals surface area contributed by atoms with Gasteiger partial charge < -0.3 is 10.2 Å². The number of hydrogen-bond acceptors (Lipinski definition) is 4. The molecule has 1 heterocycles. The van der Waals surface area contributed by atoms with Gasteiger partial charge in [0.05, 0.1) is 11.8 Å². The van der Waals surface area contributed by atoms with Gasteiger partial charge >= 0.3 is 6.18 Å². The largest absolute Gasteiger partial charge is 0.440 e. The highest BCUT2D eigenvalue weighted by Crippen LogP contribution is 2.39. The van der Waals surface area contributed by atoms with E-state index in [0.29, 0.717) is 0 Å². The van der Waals surface area contributed by atoms with Gasteiger partial charge in [-0.1, -0.05) is 0 Å². The first-order valence-corrected chi connectivity index (χ1v) is 5.32. The van der Waals surface area contributed by atoms with Crippen LogP contribution in [0.2, 0.25) is 0 Å². The second kappa shape index (κ2) is 4.33. The first-order chi connectivity index (χ1) is 7.97. The highest BCUT2D eigenvalue weighted by atomic mass is 32.2. The lowest BCUT2D eigenvalue weighted by Crippen LogP contribution is -2.07. The van der Waals surface area contributed by atoms with E-state index in [1.807, 2.05) is 0 Å². The van der Waals surface area contributed by atoms with Crippen LogP contribution in [0, 0.1) is 0 Å². The van der Waals surface area contributed by atoms with Crippen LogP contribution in [0.1, 0.15) is 5.56 Å². The topological polar surface area (TPSA) is 52.0 Å².